The van der Waals surface area contributed by atoms with Gasteiger partial charge in [0.1, 0.15) is 25.4 Å². The minimum absolute atomic E-state index is 0.122. The number of piperazine rings is 2. The van der Waals surface area contributed by atoms with Crippen LogP contribution in [0.3, 0.4) is 0 Å². The number of benzene rings is 1. The second kappa shape index (κ2) is 13.1. The van der Waals surface area contributed by atoms with Crippen LogP contribution in [0.2, 0.25) is 0 Å². The van der Waals surface area contributed by atoms with Gasteiger partial charge < -0.3 is 34.8 Å². The van der Waals surface area contributed by atoms with E-state index < -0.39 is 0 Å². The molecule has 0 spiro atoms. The van der Waals surface area contributed by atoms with E-state index in [2.05, 4.69) is 10.6 Å². The lowest BCUT2D eigenvalue weighted by Crippen LogP contribution is -2.53. The average Bonchev–Trinajstić information content (AvgIpc) is 2.87. The van der Waals surface area contributed by atoms with Crippen LogP contribution >= 0.6 is 0 Å². The zero-order chi connectivity index (χ0) is 23.5. The Hall–Kier alpha value is -2.69. The predicted molar refractivity (Wildman–Crippen MR) is 123 cm³/mol. The van der Waals surface area contributed by atoms with Crippen molar-refractivity contribution in [1.82, 2.24) is 25.3 Å². The summed E-state index contributed by atoms with van der Waals surface area (Å²) in [6, 6.07) is 6.76. The summed E-state index contributed by atoms with van der Waals surface area (Å²) in [5, 5.41) is 6.43. The summed E-state index contributed by atoms with van der Waals surface area (Å²) in [5.41, 5.74) is 0.411. The van der Waals surface area contributed by atoms with Gasteiger partial charge in [0.05, 0.1) is 6.61 Å². The average molecular weight is 462 g/mol. The Bertz CT molecular complexity index is 744. The van der Waals surface area contributed by atoms with Gasteiger partial charge in [0.15, 0.2) is 0 Å². The van der Waals surface area contributed by atoms with Crippen molar-refractivity contribution in [3.8, 4) is 5.75 Å². The lowest BCUT2D eigenvalue weighted by atomic mass is 10.2. The highest BCUT2D eigenvalue weighted by Gasteiger charge is 2.27. The van der Waals surface area contributed by atoms with Crippen LogP contribution in [0.15, 0.2) is 24.3 Å². The van der Waals surface area contributed by atoms with Gasteiger partial charge in [-0.3, -0.25) is 14.4 Å². The fourth-order valence-corrected chi connectivity index (χ4v) is 3.79. The van der Waals surface area contributed by atoms with Gasteiger partial charge in [0.2, 0.25) is 11.8 Å². The molecule has 0 saturated carbocycles. The number of amides is 3. The Morgan fingerprint density at radius 2 is 1.36 bits per heavy atom. The van der Waals surface area contributed by atoms with Crippen molar-refractivity contribution >= 4 is 17.7 Å². The van der Waals surface area contributed by atoms with Crippen LogP contribution in [0.5, 0.6) is 5.75 Å². The van der Waals surface area contributed by atoms with Crippen LogP contribution in [0.25, 0.3) is 0 Å². The molecule has 10 heteroatoms. The van der Waals surface area contributed by atoms with Crippen LogP contribution in [-0.4, -0.2) is 118 Å². The van der Waals surface area contributed by atoms with E-state index in [1.807, 2.05) is 6.92 Å². The van der Waals surface area contributed by atoms with E-state index in [4.69, 9.17) is 9.47 Å². The Labute approximate surface area is 195 Å². The van der Waals surface area contributed by atoms with Gasteiger partial charge in [0.25, 0.3) is 5.91 Å². The highest BCUT2D eigenvalue weighted by Crippen LogP contribution is 2.14. The molecule has 2 heterocycles. The first kappa shape index (κ1) is 24.9. The van der Waals surface area contributed by atoms with E-state index in [9.17, 15) is 14.4 Å². The lowest BCUT2D eigenvalue weighted by Gasteiger charge is -2.32. The van der Waals surface area contributed by atoms with Gasteiger partial charge in [0, 0.05) is 64.5 Å². The molecule has 182 valence electrons. The molecule has 2 saturated heterocycles. The Balaban J connectivity index is 1.66. The van der Waals surface area contributed by atoms with Crippen molar-refractivity contribution in [2.45, 2.75) is 6.92 Å². The Morgan fingerprint density at radius 3 is 1.85 bits per heavy atom. The van der Waals surface area contributed by atoms with E-state index in [1.165, 1.54) is 4.90 Å². The fraction of sp³-hybridized carbons (Fsp3) is 0.609. The molecule has 2 N–H and O–H groups in total. The maximum absolute atomic E-state index is 13.3. The molecule has 0 bridgehead atoms. The number of ether oxygens (including phenoxy) is 2. The number of carbonyl (C=O) groups is 3. The maximum Gasteiger partial charge on any atom is 0.254 e. The summed E-state index contributed by atoms with van der Waals surface area (Å²) < 4.78 is 10.9. The van der Waals surface area contributed by atoms with Crippen molar-refractivity contribution in [2.75, 3.05) is 85.3 Å². The number of nitrogens with one attached hydrogen (secondary N) is 2. The molecule has 0 radical (unpaired) electrons. The number of carbonyl (C=O) groups excluding carboxylic acids is 3. The first-order valence-corrected chi connectivity index (χ1v) is 11.7. The molecule has 2 aliphatic rings. The summed E-state index contributed by atoms with van der Waals surface area (Å²) in [6.07, 6.45) is 0. The van der Waals surface area contributed by atoms with Crippen LogP contribution in [-0.2, 0) is 14.3 Å². The minimum Gasteiger partial charge on any atom is -0.491 e. The van der Waals surface area contributed by atoms with E-state index in [1.54, 1.807) is 34.1 Å². The third kappa shape index (κ3) is 7.69. The monoisotopic (exact) mass is 461 g/mol. The third-order valence-corrected chi connectivity index (χ3v) is 5.68. The second-order valence-corrected chi connectivity index (χ2v) is 7.99. The largest absolute Gasteiger partial charge is 0.491 e. The van der Waals surface area contributed by atoms with Gasteiger partial charge in [-0.1, -0.05) is 0 Å². The number of hydrogen-bond acceptors (Lipinski definition) is 7. The summed E-state index contributed by atoms with van der Waals surface area (Å²) >= 11 is 0. The molecule has 1 aromatic carbocycles. The first-order valence-electron chi connectivity index (χ1n) is 11.7. The van der Waals surface area contributed by atoms with Crippen molar-refractivity contribution < 1.29 is 23.9 Å². The normalized spacial score (nSPS) is 16.4. The summed E-state index contributed by atoms with van der Waals surface area (Å²) in [5.74, 6) is -0.00268. The number of rotatable bonds is 10. The minimum atomic E-state index is -0.345. The molecule has 1 aromatic rings. The predicted octanol–water partition coefficient (Wildman–Crippen LogP) is -0.592. The van der Waals surface area contributed by atoms with Crippen LogP contribution < -0.4 is 15.4 Å². The zero-order valence-corrected chi connectivity index (χ0v) is 19.4. The van der Waals surface area contributed by atoms with Gasteiger partial charge in [-0.05, 0) is 31.2 Å². The maximum atomic E-state index is 13.3. The molecule has 2 fully saturated rings. The molecule has 0 atom stereocenters. The smallest absolute Gasteiger partial charge is 0.254 e. The molecular formula is C23H35N5O5. The Kier molecular flexibility index (Phi) is 9.92. The molecule has 3 rings (SSSR count). The van der Waals surface area contributed by atoms with E-state index in [0.717, 1.165) is 26.2 Å². The van der Waals surface area contributed by atoms with E-state index in [0.29, 0.717) is 57.3 Å². The van der Waals surface area contributed by atoms with Crippen molar-refractivity contribution in [3.63, 3.8) is 0 Å². The molecule has 0 aliphatic carbocycles. The molecule has 10 nitrogen and oxygen atoms in total. The molecule has 2 aliphatic heterocycles. The van der Waals surface area contributed by atoms with Crippen molar-refractivity contribution in [3.05, 3.63) is 29.8 Å². The fourth-order valence-electron chi connectivity index (χ4n) is 3.79. The second-order valence-electron chi connectivity index (χ2n) is 7.99. The summed E-state index contributed by atoms with van der Waals surface area (Å²) in [7, 11) is 0. The highest BCUT2D eigenvalue weighted by atomic mass is 16.5. The van der Waals surface area contributed by atoms with E-state index >= 15 is 0 Å². The molecular weight excluding hydrogens is 426 g/mol. The topological polar surface area (TPSA) is 103 Å². The molecule has 3 amide bonds. The van der Waals surface area contributed by atoms with Gasteiger partial charge >= 0.3 is 0 Å². The highest BCUT2D eigenvalue weighted by molar-refractivity contribution is 5.98. The van der Waals surface area contributed by atoms with Crippen LogP contribution in [0, 0.1) is 0 Å². The first-order chi connectivity index (χ1) is 16.1. The Morgan fingerprint density at radius 1 is 0.848 bits per heavy atom. The molecule has 0 aromatic heterocycles. The number of hydrogen-bond donors (Lipinski definition) is 2. The third-order valence-electron chi connectivity index (χ3n) is 5.68. The summed E-state index contributed by atoms with van der Waals surface area (Å²) in [4.78, 5) is 43.9. The molecule has 33 heavy (non-hydrogen) atoms. The van der Waals surface area contributed by atoms with Crippen molar-refractivity contribution in [2.24, 2.45) is 0 Å². The molecule has 0 unspecified atom stereocenters. The van der Waals surface area contributed by atoms with E-state index in [-0.39, 0.29) is 30.8 Å². The lowest BCUT2D eigenvalue weighted by molar-refractivity contribution is -0.135. The SMILES string of the molecule is CCOCCOc1ccc(C(=O)N(CC(=O)N2CCNCC2)CC(=O)N2CCNCC2)cc1. The zero-order valence-electron chi connectivity index (χ0n) is 19.4. The van der Waals surface area contributed by atoms with Crippen LogP contribution in [0.4, 0.5) is 0 Å². The van der Waals surface area contributed by atoms with Gasteiger partial charge in [-0.25, -0.2) is 0 Å². The van der Waals surface area contributed by atoms with Gasteiger partial charge in [-0.2, -0.15) is 0 Å². The summed E-state index contributed by atoms with van der Waals surface area (Å²) in [6.45, 7) is 8.52. The van der Waals surface area contributed by atoms with Gasteiger partial charge in [-0.15, -0.1) is 0 Å². The standard InChI is InChI=1S/C23H35N5O5/c1-2-32-15-16-33-20-5-3-19(4-6-20)23(31)28(17-21(29)26-11-7-24-8-12-26)18-22(30)27-13-9-25-10-14-27/h3-6,24-25H,2,7-18H2,1H3. The number of nitrogens with zero attached hydrogens (tertiary/aromatic N) is 3. The van der Waals surface area contributed by atoms with Crippen LogP contribution in [0.1, 0.15) is 17.3 Å². The van der Waals surface area contributed by atoms with Crippen molar-refractivity contribution in [1.29, 1.82) is 0 Å². The quantitative estimate of drug-likeness (QED) is 0.449.